The lowest BCUT2D eigenvalue weighted by Gasteiger charge is -2.45. The lowest BCUT2D eigenvalue weighted by Crippen LogP contribution is -2.59. The SMILES string of the molecule is Cc1cc2cnc(N)cc2cc1N1CCN([C@]2(C)COC[C@@H]2F)CC1. The van der Waals surface area contributed by atoms with Crippen molar-refractivity contribution >= 4 is 22.3 Å². The smallest absolute Gasteiger partial charge is 0.144 e. The number of nitrogens with two attached hydrogens (primary N) is 1. The Morgan fingerprint density at radius 3 is 2.64 bits per heavy atom. The Kier molecular flexibility index (Phi) is 4.04. The number of piperazine rings is 1. The number of nitrogens with zero attached hydrogens (tertiary/aromatic N) is 3. The summed E-state index contributed by atoms with van der Waals surface area (Å²) in [7, 11) is 0. The maximum absolute atomic E-state index is 14.3. The molecule has 0 bridgehead atoms. The van der Waals surface area contributed by atoms with Gasteiger partial charge in [0.05, 0.1) is 18.8 Å². The van der Waals surface area contributed by atoms with Gasteiger partial charge in [-0.05, 0) is 43.0 Å². The normalized spacial score (nSPS) is 28.0. The van der Waals surface area contributed by atoms with Crippen LogP contribution in [0.25, 0.3) is 10.8 Å². The van der Waals surface area contributed by atoms with E-state index in [0.29, 0.717) is 12.4 Å². The quantitative estimate of drug-likeness (QED) is 0.906. The molecule has 2 aliphatic heterocycles. The maximum atomic E-state index is 14.3. The highest BCUT2D eigenvalue weighted by molar-refractivity contribution is 5.88. The number of rotatable bonds is 2. The first-order chi connectivity index (χ1) is 12.0. The van der Waals surface area contributed by atoms with Crippen molar-refractivity contribution in [1.82, 2.24) is 9.88 Å². The molecule has 0 spiro atoms. The van der Waals surface area contributed by atoms with E-state index < -0.39 is 11.7 Å². The first-order valence-corrected chi connectivity index (χ1v) is 8.85. The highest BCUT2D eigenvalue weighted by Gasteiger charge is 2.46. The van der Waals surface area contributed by atoms with Gasteiger partial charge in [0.1, 0.15) is 12.0 Å². The second-order valence-electron chi connectivity index (χ2n) is 7.41. The van der Waals surface area contributed by atoms with Crippen LogP contribution in [-0.2, 0) is 4.74 Å². The first-order valence-electron chi connectivity index (χ1n) is 8.85. The van der Waals surface area contributed by atoms with Crippen LogP contribution in [0.5, 0.6) is 0 Å². The molecule has 25 heavy (non-hydrogen) atoms. The third-order valence-electron chi connectivity index (χ3n) is 5.73. The van der Waals surface area contributed by atoms with Crippen LogP contribution >= 0.6 is 0 Å². The van der Waals surface area contributed by atoms with Crippen LogP contribution in [0.3, 0.4) is 0 Å². The second kappa shape index (κ2) is 6.11. The summed E-state index contributed by atoms with van der Waals surface area (Å²) in [5, 5.41) is 2.21. The van der Waals surface area contributed by atoms with Crippen molar-refractivity contribution in [2.45, 2.75) is 25.6 Å². The molecule has 6 heteroatoms. The summed E-state index contributed by atoms with van der Waals surface area (Å²) in [5.41, 5.74) is 7.80. The summed E-state index contributed by atoms with van der Waals surface area (Å²) in [6.07, 6.45) is 0.916. The average molecular weight is 344 g/mol. The van der Waals surface area contributed by atoms with Gasteiger partial charge in [-0.1, -0.05) is 0 Å². The molecule has 2 aromatic rings. The van der Waals surface area contributed by atoms with Gasteiger partial charge in [-0.15, -0.1) is 0 Å². The molecule has 4 rings (SSSR count). The molecular formula is C19H25FN4O. The zero-order valence-electron chi connectivity index (χ0n) is 14.8. The molecule has 2 aliphatic rings. The predicted octanol–water partition coefficient (Wildman–Crippen LogP) is 2.37. The van der Waals surface area contributed by atoms with Gasteiger partial charge in [0.25, 0.3) is 0 Å². The number of nitrogen functional groups attached to an aromatic ring is 1. The topological polar surface area (TPSA) is 54.6 Å². The van der Waals surface area contributed by atoms with Crippen LogP contribution < -0.4 is 10.6 Å². The summed E-state index contributed by atoms with van der Waals surface area (Å²) < 4.78 is 19.6. The molecule has 0 amide bonds. The maximum Gasteiger partial charge on any atom is 0.144 e. The molecule has 2 N–H and O–H groups in total. The Labute approximate surface area is 147 Å². The molecule has 0 radical (unpaired) electrons. The van der Waals surface area contributed by atoms with E-state index in [1.807, 2.05) is 19.2 Å². The zero-order chi connectivity index (χ0) is 17.6. The van der Waals surface area contributed by atoms with Gasteiger partial charge in [-0.25, -0.2) is 9.37 Å². The summed E-state index contributed by atoms with van der Waals surface area (Å²) in [6.45, 7) is 8.26. The monoisotopic (exact) mass is 344 g/mol. The predicted molar refractivity (Wildman–Crippen MR) is 98.8 cm³/mol. The van der Waals surface area contributed by atoms with E-state index in [9.17, 15) is 4.39 Å². The van der Waals surface area contributed by atoms with Crippen LogP contribution in [-0.4, -0.2) is 61.0 Å². The van der Waals surface area contributed by atoms with Crippen molar-refractivity contribution in [3.05, 3.63) is 30.0 Å². The van der Waals surface area contributed by atoms with E-state index >= 15 is 0 Å². The summed E-state index contributed by atoms with van der Waals surface area (Å²) in [4.78, 5) is 8.80. The van der Waals surface area contributed by atoms with Gasteiger partial charge in [0.15, 0.2) is 0 Å². The van der Waals surface area contributed by atoms with E-state index in [0.717, 1.165) is 37.0 Å². The number of hydrogen-bond donors (Lipinski definition) is 1. The van der Waals surface area contributed by atoms with Gasteiger partial charge < -0.3 is 15.4 Å². The van der Waals surface area contributed by atoms with E-state index in [1.165, 1.54) is 11.3 Å². The molecule has 2 fully saturated rings. The molecule has 0 aliphatic carbocycles. The summed E-state index contributed by atoms with van der Waals surface area (Å²) in [5.74, 6) is 0.537. The fourth-order valence-electron chi connectivity index (χ4n) is 4.04. The molecule has 0 saturated carbocycles. The molecule has 2 atom stereocenters. The first kappa shape index (κ1) is 16.5. The number of halogens is 1. The molecule has 3 heterocycles. The largest absolute Gasteiger partial charge is 0.384 e. The molecule has 2 saturated heterocycles. The van der Waals surface area contributed by atoms with E-state index in [-0.39, 0.29) is 6.61 Å². The standard InChI is InChI=1S/C19H25FN4O/c1-13-7-15-10-22-18(21)9-14(15)8-16(13)23-3-5-24(6-4-23)19(2)12-25-11-17(19)20/h7-10,17H,3-6,11-12H2,1-2H3,(H2,21,22)/t17-,19+/m0/s1. The van der Waals surface area contributed by atoms with Crippen molar-refractivity contribution in [3.8, 4) is 0 Å². The number of aromatic nitrogens is 1. The number of ether oxygens (including phenoxy) is 1. The molecule has 1 aromatic carbocycles. The van der Waals surface area contributed by atoms with Crippen molar-refractivity contribution in [2.75, 3.05) is 50.0 Å². The Morgan fingerprint density at radius 2 is 1.96 bits per heavy atom. The number of fused-ring (bicyclic) bond motifs is 1. The number of benzene rings is 1. The van der Waals surface area contributed by atoms with Crippen LogP contribution in [0.4, 0.5) is 15.9 Å². The molecular weight excluding hydrogens is 319 g/mol. The van der Waals surface area contributed by atoms with E-state index in [2.05, 4.69) is 33.8 Å². The Hall–Kier alpha value is -1.92. The van der Waals surface area contributed by atoms with Crippen molar-refractivity contribution in [3.63, 3.8) is 0 Å². The van der Waals surface area contributed by atoms with Gasteiger partial charge in [0.2, 0.25) is 0 Å². The number of aryl methyl sites for hydroxylation is 1. The van der Waals surface area contributed by atoms with Gasteiger partial charge in [0, 0.05) is 43.4 Å². The van der Waals surface area contributed by atoms with E-state index in [4.69, 9.17) is 10.5 Å². The van der Waals surface area contributed by atoms with Crippen LogP contribution in [0.15, 0.2) is 24.4 Å². The van der Waals surface area contributed by atoms with Crippen molar-refractivity contribution in [2.24, 2.45) is 0 Å². The summed E-state index contributed by atoms with van der Waals surface area (Å²) in [6, 6.07) is 6.27. The van der Waals surface area contributed by atoms with Gasteiger partial charge in [-0.3, -0.25) is 4.90 Å². The van der Waals surface area contributed by atoms with Crippen molar-refractivity contribution < 1.29 is 9.13 Å². The van der Waals surface area contributed by atoms with Crippen molar-refractivity contribution in [1.29, 1.82) is 0 Å². The average Bonchev–Trinajstić information content (AvgIpc) is 2.95. The lowest BCUT2D eigenvalue weighted by atomic mass is 9.96. The van der Waals surface area contributed by atoms with Gasteiger partial charge in [-0.2, -0.15) is 0 Å². The number of pyridine rings is 1. The fourth-order valence-corrected chi connectivity index (χ4v) is 4.04. The minimum Gasteiger partial charge on any atom is -0.384 e. The number of hydrogen-bond acceptors (Lipinski definition) is 5. The third-order valence-corrected chi connectivity index (χ3v) is 5.73. The van der Waals surface area contributed by atoms with Crippen LogP contribution in [0, 0.1) is 6.92 Å². The second-order valence-corrected chi connectivity index (χ2v) is 7.41. The lowest BCUT2D eigenvalue weighted by molar-refractivity contribution is 0.0448. The van der Waals surface area contributed by atoms with Crippen LogP contribution in [0.2, 0.25) is 0 Å². The summed E-state index contributed by atoms with van der Waals surface area (Å²) >= 11 is 0. The van der Waals surface area contributed by atoms with E-state index in [1.54, 1.807) is 0 Å². The molecule has 0 unspecified atom stereocenters. The Morgan fingerprint density at radius 1 is 1.20 bits per heavy atom. The highest BCUT2D eigenvalue weighted by atomic mass is 19.1. The molecule has 1 aromatic heterocycles. The third kappa shape index (κ3) is 2.83. The zero-order valence-corrected chi connectivity index (χ0v) is 14.8. The molecule has 134 valence electrons. The number of alkyl halides is 1. The van der Waals surface area contributed by atoms with Crippen LogP contribution in [0.1, 0.15) is 12.5 Å². The minimum atomic E-state index is -0.906. The fraction of sp³-hybridized carbons (Fsp3) is 0.526. The number of anilines is 2. The minimum absolute atomic E-state index is 0.218. The molecule has 5 nitrogen and oxygen atoms in total. The Balaban J connectivity index is 1.54. The Bertz CT molecular complexity index is 790. The van der Waals surface area contributed by atoms with Gasteiger partial charge >= 0.3 is 0 Å². The highest BCUT2D eigenvalue weighted by Crippen LogP contribution is 2.32.